The maximum absolute atomic E-state index is 12.7. The molecule has 2 atom stereocenters. The summed E-state index contributed by atoms with van der Waals surface area (Å²) in [5.41, 5.74) is 1.03. The minimum Gasteiger partial charge on any atom is -0.465 e. The van der Waals surface area contributed by atoms with Crippen LogP contribution in [0.4, 0.5) is 4.79 Å². The number of benzene rings is 1. The maximum atomic E-state index is 12.7. The van der Waals surface area contributed by atoms with Crippen LogP contribution in [0.25, 0.3) is 0 Å². The molecule has 0 aromatic heterocycles. The zero-order valence-electron chi connectivity index (χ0n) is 17.6. The number of rotatable bonds is 10. The largest absolute Gasteiger partial charge is 0.465 e. The van der Waals surface area contributed by atoms with Gasteiger partial charge in [0.05, 0.1) is 19.6 Å². The minimum atomic E-state index is -0.345. The lowest BCUT2D eigenvalue weighted by Crippen LogP contribution is -2.43. The summed E-state index contributed by atoms with van der Waals surface area (Å²) in [6.07, 6.45) is -0.0705. The first kappa shape index (κ1) is 23.0. The van der Waals surface area contributed by atoms with Crippen molar-refractivity contribution in [3.05, 3.63) is 35.9 Å². The first-order valence-corrected chi connectivity index (χ1v) is 9.83. The summed E-state index contributed by atoms with van der Waals surface area (Å²) in [6.45, 7) is 13.2. The highest BCUT2D eigenvalue weighted by Crippen LogP contribution is 2.20. The molecular weight excluding hydrogens is 342 g/mol. The summed E-state index contributed by atoms with van der Waals surface area (Å²) in [6, 6.07) is 9.65. The Bertz CT molecular complexity index is 571. The molecule has 1 aromatic rings. The molecule has 5 nitrogen and oxygen atoms in total. The molecule has 0 heterocycles. The Labute approximate surface area is 164 Å². The summed E-state index contributed by atoms with van der Waals surface area (Å²) in [4.78, 5) is 26.5. The van der Waals surface area contributed by atoms with Crippen LogP contribution in [-0.2, 0) is 20.8 Å². The van der Waals surface area contributed by atoms with Crippen LogP contribution in [0.3, 0.4) is 0 Å². The second-order valence-electron chi connectivity index (χ2n) is 8.08. The van der Waals surface area contributed by atoms with E-state index in [1.165, 1.54) is 0 Å². The zero-order chi connectivity index (χ0) is 20.4. The molecule has 1 rings (SSSR count). The van der Waals surface area contributed by atoms with Gasteiger partial charge in [-0.3, -0.25) is 4.79 Å². The van der Waals surface area contributed by atoms with Gasteiger partial charge >= 0.3 is 12.1 Å². The van der Waals surface area contributed by atoms with Gasteiger partial charge in [0.15, 0.2) is 0 Å². The zero-order valence-corrected chi connectivity index (χ0v) is 17.6. The number of amides is 1. The van der Waals surface area contributed by atoms with Crippen LogP contribution < -0.4 is 0 Å². The Morgan fingerprint density at radius 2 is 1.44 bits per heavy atom. The van der Waals surface area contributed by atoms with Crippen LogP contribution in [0.2, 0.25) is 0 Å². The minimum absolute atomic E-state index is 0.0417. The van der Waals surface area contributed by atoms with Crippen LogP contribution >= 0.6 is 0 Å². The van der Waals surface area contributed by atoms with Gasteiger partial charge in [0, 0.05) is 12.6 Å². The van der Waals surface area contributed by atoms with Crippen molar-refractivity contribution in [3.8, 4) is 0 Å². The lowest BCUT2D eigenvalue weighted by molar-refractivity contribution is -0.146. The standard InChI is InChI=1S/C22H35NO4/c1-16(2)14-26-21(24)12-18(5)19(6)23(22(25)27-15-17(3)4)13-20-10-8-7-9-11-20/h7-11,16-19H,12-15H2,1-6H3. The second kappa shape index (κ2) is 11.6. The summed E-state index contributed by atoms with van der Waals surface area (Å²) in [5.74, 6) is 0.312. The molecule has 0 aliphatic rings. The van der Waals surface area contributed by atoms with E-state index < -0.39 is 0 Å². The normalized spacial score (nSPS) is 13.3. The number of hydrogen-bond donors (Lipinski definition) is 0. The number of esters is 1. The first-order chi connectivity index (χ1) is 12.7. The van der Waals surface area contributed by atoms with Gasteiger partial charge in [-0.2, -0.15) is 0 Å². The van der Waals surface area contributed by atoms with Crippen molar-refractivity contribution in [2.75, 3.05) is 13.2 Å². The summed E-state index contributed by atoms with van der Waals surface area (Å²) < 4.78 is 10.8. The van der Waals surface area contributed by atoms with E-state index in [2.05, 4.69) is 0 Å². The van der Waals surface area contributed by atoms with Crippen molar-refractivity contribution in [3.63, 3.8) is 0 Å². The van der Waals surface area contributed by atoms with E-state index in [0.29, 0.717) is 25.7 Å². The number of ether oxygens (including phenoxy) is 2. The fourth-order valence-corrected chi connectivity index (χ4v) is 2.53. The Morgan fingerprint density at radius 3 is 2.00 bits per heavy atom. The lowest BCUT2D eigenvalue weighted by Gasteiger charge is -2.32. The number of hydrogen-bond acceptors (Lipinski definition) is 4. The van der Waals surface area contributed by atoms with Crippen LogP contribution in [0.1, 0.15) is 53.5 Å². The van der Waals surface area contributed by atoms with Gasteiger partial charge in [0.1, 0.15) is 0 Å². The molecule has 5 heteroatoms. The summed E-state index contributed by atoms with van der Waals surface area (Å²) in [5, 5.41) is 0. The molecule has 2 unspecified atom stereocenters. The quantitative estimate of drug-likeness (QED) is 0.545. The van der Waals surface area contributed by atoms with E-state index in [9.17, 15) is 9.59 Å². The Hall–Kier alpha value is -2.04. The fourth-order valence-electron chi connectivity index (χ4n) is 2.53. The van der Waals surface area contributed by atoms with Crippen molar-refractivity contribution in [1.82, 2.24) is 4.90 Å². The average Bonchev–Trinajstić information content (AvgIpc) is 2.62. The molecule has 0 radical (unpaired) electrons. The molecule has 0 saturated heterocycles. The third kappa shape index (κ3) is 8.94. The van der Waals surface area contributed by atoms with Gasteiger partial charge < -0.3 is 14.4 Å². The second-order valence-corrected chi connectivity index (χ2v) is 8.08. The van der Waals surface area contributed by atoms with Crippen molar-refractivity contribution in [2.45, 2.75) is 60.5 Å². The van der Waals surface area contributed by atoms with Crippen molar-refractivity contribution >= 4 is 12.1 Å². The van der Waals surface area contributed by atoms with Crippen LogP contribution in [-0.4, -0.2) is 36.2 Å². The molecule has 0 fully saturated rings. The van der Waals surface area contributed by atoms with Gasteiger partial charge in [-0.15, -0.1) is 0 Å². The molecule has 0 N–H and O–H groups in total. The predicted octanol–water partition coefficient (Wildman–Crippen LogP) is 4.90. The van der Waals surface area contributed by atoms with Gasteiger partial charge in [-0.25, -0.2) is 4.79 Å². The number of carbonyl (C=O) groups excluding carboxylic acids is 2. The molecule has 1 aromatic carbocycles. The van der Waals surface area contributed by atoms with E-state index in [1.54, 1.807) is 4.90 Å². The van der Waals surface area contributed by atoms with Gasteiger partial charge in [0.25, 0.3) is 0 Å². The topological polar surface area (TPSA) is 55.8 Å². The number of carbonyl (C=O) groups is 2. The van der Waals surface area contributed by atoms with Crippen LogP contribution in [0.15, 0.2) is 30.3 Å². The fraction of sp³-hybridized carbons (Fsp3) is 0.636. The molecule has 27 heavy (non-hydrogen) atoms. The average molecular weight is 378 g/mol. The SMILES string of the molecule is CC(C)COC(=O)CC(C)C(C)N(Cc1ccccc1)C(=O)OCC(C)C. The molecule has 0 aliphatic carbocycles. The third-order valence-corrected chi connectivity index (χ3v) is 4.35. The Balaban J connectivity index is 2.79. The number of nitrogens with zero attached hydrogens (tertiary/aromatic N) is 1. The van der Waals surface area contributed by atoms with Gasteiger partial charge in [-0.05, 0) is 30.2 Å². The highest BCUT2D eigenvalue weighted by Gasteiger charge is 2.28. The smallest absolute Gasteiger partial charge is 0.410 e. The first-order valence-electron chi connectivity index (χ1n) is 9.83. The van der Waals surface area contributed by atoms with E-state index in [1.807, 2.05) is 71.9 Å². The highest BCUT2D eigenvalue weighted by atomic mass is 16.6. The molecule has 0 aliphatic heterocycles. The lowest BCUT2D eigenvalue weighted by atomic mass is 9.98. The molecule has 152 valence electrons. The van der Waals surface area contributed by atoms with Crippen LogP contribution in [0, 0.1) is 17.8 Å². The summed E-state index contributed by atoms with van der Waals surface area (Å²) >= 11 is 0. The Kier molecular flexibility index (Phi) is 9.90. The summed E-state index contributed by atoms with van der Waals surface area (Å²) in [7, 11) is 0. The van der Waals surface area contributed by atoms with Gasteiger partial charge in [-0.1, -0.05) is 65.0 Å². The van der Waals surface area contributed by atoms with Crippen molar-refractivity contribution in [2.24, 2.45) is 17.8 Å². The Morgan fingerprint density at radius 1 is 0.889 bits per heavy atom. The van der Waals surface area contributed by atoms with E-state index >= 15 is 0 Å². The third-order valence-electron chi connectivity index (χ3n) is 4.35. The van der Waals surface area contributed by atoms with Crippen molar-refractivity contribution in [1.29, 1.82) is 0 Å². The molecule has 0 saturated carbocycles. The molecule has 0 bridgehead atoms. The van der Waals surface area contributed by atoms with E-state index in [4.69, 9.17) is 9.47 Å². The van der Waals surface area contributed by atoms with Crippen molar-refractivity contribution < 1.29 is 19.1 Å². The monoisotopic (exact) mass is 377 g/mol. The van der Waals surface area contributed by atoms with E-state index in [0.717, 1.165) is 5.56 Å². The van der Waals surface area contributed by atoms with Gasteiger partial charge in [0.2, 0.25) is 0 Å². The van der Waals surface area contributed by atoms with Crippen LogP contribution in [0.5, 0.6) is 0 Å². The highest BCUT2D eigenvalue weighted by molar-refractivity contribution is 5.70. The maximum Gasteiger partial charge on any atom is 0.410 e. The molecule has 0 spiro atoms. The molecular formula is C22H35NO4. The molecule has 1 amide bonds. The van der Waals surface area contributed by atoms with E-state index in [-0.39, 0.29) is 36.4 Å². The predicted molar refractivity (Wildman–Crippen MR) is 107 cm³/mol.